The number of benzene rings is 2. The minimum absolute atomic E-state index is 0.0508. The highest BCUT2D eigenvalue weighted by Crippen LogP contribution is 2.49. The number of nitrogens with zero attached hydrogens (tertiary/aromatic N) is 3. The molecule has 2 aromatic carbocycles. The van der Waals surface area contributed by atoms with Crippen LogP contribution >= 0.6 is 0 Å². The summed E-state index contributed by atoms with van der Waals surface area (Å²) in [6.07, 6.45) is 6.45. The van der Waals surface area contributed by atoms with E-state index in [-0.39, 0.29) is 6.23 Å². The molecule has 0 amide bonds. The Morgan fingerprint density at radius 2 is 1.57 bits per heavy atom. The van der Waals surface area contributed by atoms with Gasteiger partial charge in [0.05, 0.1) is 5.69 Å². The molecule has 3 aliphatic heterocycles. The third kappa shape index (κ3) is 2.86. The van der Waals surface area contributed by atoms with Gasteiger partial charge in [0, 0.05) is 43.5 Å². The van der Waals surface area contributed by atoms with Crippen molar-refractivity contribution in [2.24, 2.45) is 0 Å². The van der Waals surface area contributed by atoms with Crippen molar-refractivity contribution in [1.29, 1.82) is 0 Å². The lowest BCUT2D eigenvalue weighted by Crippen LogP contribution is -2.55. The predicted molar refractivity (Wildman–Crippen MR) is 115 cm³/mol. The van der Waals surface area contributed by atoms with Gasteiger partial charge >= 0.3 is 0 Å². The van der Waals surface area contributed by atoms with Crippen molar-refractivity contribution < 1.29 is 4.74 Å². The van der Waals surface area contributed by atoms with Gasteiger partial charge in [-0.1, -0.05) is 36.8 Å². The molecule has 0 saturated carbocycles. The third-order valence-electron chi connectivity index (χ3n) is 7.03. The number of piperidine rings is 2. The summed E-state index contributed by atoms with van der Waals surface area (Å²) in [5.74, 6) is 1.02. The van der Waals surface area contributed by atoms with E-state index in [4.69, 9.17) is 4.74 Å². The normalized spacial score (nSPS) is 29.3. The van der Waals surface area contributed by atoms with Gasteiger partial charge in [0.25, 0.3) is 0 Å². The van der Waals surface area contributed by atoms with Gasteiger partial charge in [-0.05, 0) is 50.9 Å². The number of anilines is 2. The molecule has 28 heavy (non-hydrogen) atoms. The van der Waals surface area contributed by atoms with Crippen molar-refractivity contribution in [2.45, 2.75) is 56.5 Å². The maximum absolute atomic E-state index is 6.58. The lowest BCUT2D eigenvalue weighted by atomic mass is 9.81. The Labute approximate surface area is 168 Å². The second-order valence-corrected chi connectivity index (χ2v) is 8.83. The lowest BCUT2D eigenvalue weighted by molar-refractivity contribution is 0.0482. The molecule has 4 heteroatoms. The highest BCUT2D eigenvalue weighted by molar-refractivity contribution is 5.66. The summed E-state index contributed by atoms with van der Waals surface area (Å²) in [5.41, 5.74) is 3.75. The van der Waals surface area contributed by atoms with E-state index in [0.29, 0.717) is 18.1 Å². The second-order valence-electron chi connectivity index (χ2n) is 8.83. The molecule has 0 aliphatic carbocycles. The Kier molecular flexibility index (Phi) is 4.47. The van der Waals surface area contributed by atoms with Crippen LogP contribution in [0.1, 0.15) is 43.9 Å². The number of hydrogen-bond donors (Lipinski definition) is 0. The van der Waals surface area contributed by atoms with Crippen LogP contribution in [0, 0.1) is 0 Å². The molecule has 3 unspecified atom stereocenters. The quantitative estimate of drug-likeness (QED) is 0.774. The number of hydrogen-bond acceptors (Lipinski definition) is 4. The van der Waals surface area contributed by atoms with Crippen LogP contribution in [0.4, 0.5) is 11.4 Å². The van der Waals surface area contributed by atoms with Crippen LogP contribution in [0.2, 0.25) is 0 Å². The van der Waals surface area contributed by atoms with Crippen molar-refractivity contribution in [1.82, 2.24) is 4.90 Å². The predicted octanol–water partition coefficient (Wildman–Crippen LogP) is 4.67. The Balaban J connectivity index is 1.55. The number of fused-ring (bicyclic) bond motifs is 3. The summed E-state index contributed by atoms with van der Waals surface area (Å²) in [7, 11) is 6.56. The zero-order chi connectivity index (χ0) is 19.3. The highest BCUT2D eigenvalue weighted by atomic mass is 16.5. The van der Waals surface area contributed by atoms with Gasteiger partial charge < -0.3 is 19.4 Å². The standard InChI is InChI=1S/C24H31N3O/c1-25(2)21-12-5-4-11-20(21)24-27(22-13-6-7-14-23(22)28-24)19-15-17-9-8-10-18(16-19)26(17)3/h4-7,11-14,17-19,24H,8-10,15-16H2,1-3H3. The van der Waals surface area contributed by atoms with Gasteiger partial charge in [-0.3, -0.25) is 0 Å². The molecule has 0 spiro atoms. The topological polar surface area (TPSA) is 19.0 Å². The Bertz CT molecular complexity index is 837. The van der Waals surface area contributed by atoms with E-state index in [1.807, 2.05) is 0 Å². The smallest absolute Gasteiger partial charge is 0.201 e. The number of rotatable bonds is 3. The van der Waals surface area contributed by atoms with Crippen molar-refractivity contribution in [3.63, 3.8) is 0 Å². The largest absolute Gasteiger partial charge is 0.464 e. The van der Waals surface area contributed by atoms with E-state index in [2.05, 4.69) is 84.4 Å². The van der Waals surface area contributed by atoms with Crippen LogP contribution in [0.3, 0.4) is 0 Å². The molecule has 2 fully saturated rings. The lowest BCUT2D eigenvalue weighted by Gasteiger charge is -2.50. The summed E-state index contributed by atoms with van der Waals surface area (Å²) in [5, 5.41) is 0. The molecule has 2 saturated heterocycles. The van der Waals surface area contributed by atoms with Crippen LogP contribution < -0.4 is 14.5 Å². The van der Waals surface area contributed by atoms with Crippen molar-refractivity contribution in [2.75, 3.05) is 30.9 Å². The van der Waals surface area contributed by atoms with Gasteiger partial charge in [0.1, 0.15) is 5.75 Å². The molecule has 2 bridgehead atoms. The molecule has 148 valence electrons. The van der Waals surface area contributed by atoms with Crippen LogP contribution in [0.5, 0.6) is 5.75 Å². The summed E-state index contributed by atoms with van der Waals surface area (Å²) < 4.78 is 6.58. The third-order valence-corrected chi connectivity index (χ3v) is 7.03. The molecule has 3 aliphatic rings. The fraction of sp³-hybridized carbons (Fsp3) is 0.500. The summed E-state index contributed by atoms with van der Waals surface area (Å²) in [4.78, 5) is 7.44. The molecule has 3 atom stereocenters. The van der Waals surface area contributed by atoms with Gasteiger partial charge in [0.15, 0.2) is 0 Å². The fourth-order valence-electron chi connectivity index (χ4n) is 5.59. The molecule has 0 aromatic heterocycles. The Morgan fingerprint density at radius 1 is 0.893 bits per heavy atom. The monoisotopic (exact) mass is 377 g/mol. The first-order chi connectivity index (χ1) is 13.6. The van der Waals surface area contributed by atoms with E-state index in [1.54, 1.807) is 0 Å². The molecular formula is C24H31N3O. The van der Waals surface area contributed by atoms with Crippen molar-refractivity contribution >= 4 is 11.4 Å². The molecular weight excluding hydrogens is 346 g/mol. The van der Waals surface area contributed by atoms with Gasteiger partial charge in [-0.25, -0.2) is 0 Å². The molecule has 4 nitrogen and oxygen atoms in total. The molecule has 0 radical (unpaired) electrons. The van der Waals surface area contributed by atoms with Gasteiger partial charge in [-0.2, -0.15) is 0 Å². The molecule has 0 N–H and O–H groups in total. The minimum Gasteiger partial charge on any atom is -0.464 e. The van der Waals surface area contributed by atoms with Gasteiger partial charge in [0.2, 0.25) is 6.23 Å². The number of ether oxygens (including phenoxy) is 1. The highest BCUT2D eigenvalue weighted by Gasteiger charge is 2.44. The maximum atomic E-state index is 6.58. The first kappa shape index (κ1) is 17.9. The molecule has 3 heterocycles. The number of para-hydroxylation sites is 3. The second kappa shape index (κ2) is 7.00. The van der Waals surface area contributed by atoms with Crippen molar-refractivity contribution in [3.05, 3.63) is 54.1 Å². The van der Waals surface area contributed by atoms with Crippen LogP contribution in [0.25, 0.3) is 0 Å². The van der Waals surface area contributed by atoms with E-state index >= 15 is 0 Å². The Morgan fingerprint density at radius 3 is 2.32 bits per heavy atom. The van der Waals surface area contributed by atoms with Crippen molar-refractivity contribution in [3.8, 4) is 5.75 Å². The molecule has 5 rings (SSSR count). The summed E-state index contributed by atoms with van der Waals surface area (Å²) >= 11 is 0. The average molecular weight is 378 g/mol. The SMILES string of the molecule is CN(C)c1ccccc1C1Oc2ccccc2N1C1CC2CCCC(C1)N2C. The van der Waals surface area contributed by atoms with Crippen LogP contribution in [-0.2, 0) is 0 Å². The van der Waals surface area contributed by atoms with E-state index in [1.165, 1.54) is 49.0 Å². The first-order valence-corrected chi connectivity index (χ1v) is 10.7. The molecule has 2 aromatic rings. The first-order valence-electron chi connectivity index (χ1n) is 10.7. The summed E-state index contributed by atoms with van der Waals surface area (Å²) in [6.45, 7) is 0. The van der Waals surface area contributed by atoms with Gasteiger partial charge in [-0.15, -0.1) is 0 Å². The Hall–Kier alpha value is -2.20. The average Bonchev–Trinajstić information content (AvgIpc) is 3.07. The van der Waals surface area contributed by atoms with E-state index in [0.717, 1.165) is 5.75 Å². The zero-order valence-corrected chi connectivity index (χ0v) is 17.2. The van der Waals surface area contributed by atoms with Crippen LogP contribution in [-0.4, -0.2) is 44.2 Å². The van der Waals surface area contributed by atoms with E-state index in [9.17, 15) is 0 Å². The van der Waals surface area contributed by atoms with E-state index < -0.39 is 0 Å². The maximum Gasteiger partial charge on any atom is 0.201 e. The van der Waals surface area contributed by atoms with Crippen LogP contribution in [0.15, 0.2) is 48.5 Å². The minimum atomic E-state index is -0.0508. The zero-order valence-electron chi connectivity index (χ0n) is 17.2. The fourth-order valence-corrected chi connectivity index (χ4v) is 5.59. The summed E-state index contributed by atoms with van der Waals surface area (Å²) in [6, 6.07) is 19.2.